The van der Waals surface area contributed by atoms with Gasteiger partial charge in [0.1, 0.15) is 6.54 Å². The number of aromatic nitrogens is 1. The molecule has 6 heteroatoms. The predicted molar refractivity (Wildman–Crippen MR) is 118 cm³/mol. The van der Waals surface area contributed by atoms with E-state index in [9.17, 15) is 9.59 Å². The van der Waals surface area contributed by atoms with Gasteiger partial charge in [0.15, 0.2) is 5.54 Å². The molecule has 0 radical (unpaired) electrons. The van der Waals surface area contributed by atoms with E-state index in [2.05, 4.69) is 11.1 Å². The van der Waals surface area contributed by atoms with Crippen molar-refractivity contribution in [3.05, 3.63) is 70.4 Å². The maximum atomic E-state index is 13.7. The Morgan fingerprint density at radius 1 is 1.10 bits per heavy atom. The number of carbonyl (C=O) groups excluding carboxylic acids is 2. The molecule has 30 heavy (non-hydrogen) atoms. The van der Waals surface area contributed by atoms with Crippen molar-refractivity contribution in [3.8, 4) is 0 Å². The van der Waals surface area contributed by atoms with Gasteiger partial charge in [-0.05, 0) is 44.0 Å². The molecule has 0 spiro atoms. The molecule has 2 unspecified atom stereocenters. The Bertz CT molecular complexity index is 1180. The van der Waals surface area contributed by atoms with Crippen LogP contribution in [0.1, 0.15) is 43.5 Å². The smallest absolute Gasteiger partial charge is 0.255 e. The lowest BCUT2D eigenvalue weighted by Gasteiger charge is -2.52. The van der Waals surface area contributed by atoms with E-state index in [0.29, 0.717) is 11.6 Å². The van der Waals surface area contributed by atoms with Gasteiger partial charge in [0.25, 0.3) is 5.91 Å². The molecule has 3 heterocycles. The van der Waals surface area contributed by atoms with Crippen LogP contribution in [0, 0.1) is 0 Å². The first kappa shape index (κ1) is 19.2. The number of hydrogen-bond acceptors (Lipinski definition) is 2. The number of nitrogens with one attached hydrogen (secondary N) is 1. The molecule has 154 valence electrons. The Morgan fingerprint density at radius 2 is 1.80 bits per heavy atom. The third kappa shape index (κ3) is 2.48. The lowest BCUT2D eigenvalue weighted by atomic mass is 9.76. The number of H-pyrrole nitrogens is 1. The summed E-state index contributed by atoms with van der Waals surface area (Å²) in [5, 5.41) is 1.74. The Kier molecular flexibility index (Phi) is 4.23. The van der Waals surface area contributed by atoms with Crippen molar-refractivity contribution in [1.29, 1.82) is 0 Å². The molecule has 1 saturated heterocycles. The first-order chi connectivity index (χ1) is 14.3. The number of fused-ring (bicyclic) bond motifs is 5. The van der Waals surface area contributed by atoms with E-state index in [0.717, 1.165) is 27.7 Å². The lowest BCUT2D eigenvalue weighted by Crippen LogP contribution is -2.68. The van der Waals surface area contributed by atoms with Crippen LogP contribution in [0.3, 0.4) is 0 Å². The fourth-order valence-electron chi connectivity index (χ4n) is 5.09. The van der Waals surface area contributed by atoms with E-state index in [1.807, 2.05) is 63.2 Å². The molecule has 5 nitrogen and oxygen atoms in total. The monoisotopic (exact) mass is 421 g/mol. The number of rotatable bonds is 2. The molecule has 0 bridgehead atoms. The summed E-state index contributed by atoms with van der Waals surface area (Å²) in [6, 6.07) is 15.8. The zero-order valence-corrected chi connectivity index (χ0v) is 18.0. The van der Waals surface area contributed by atoms with Crippen LogP contribution in [0.4, 0.5) is 0 Å². The van der Waals surface area contributed by atoms with Gasteiger partial charge in [-0.2, -0.15) is 0 Å². The average Bonchev–Trinajstić information content (AvgIpc) is 3.12. The molecule has 1 N–H and O–H groups in total. The van der Waals surface area contributed by atoms with Crippen LogP contribution in [-0.2, 0) is 15.1 Å². The van der Waals surface area contributed by atoms with Crippen molar-refractivity contribution in [2.75, 3.05) is 13.1 Å². The molecule has 5 rings (SSSR count). The van der Waals surface area contributed by atoms with Gasteiger partial charge in [0.05, 0.1) is 5.69 Å². The molecule has 2 aliphatic heterocycles. The number of aromatic amines is 1. The number of benzene rings is 2. The number of nitrogens with zero attached hydrogens (tertiary/aromatic N) is 2. The predicted octanol–water partition coefficient (Wildman–Crippen LogP) is 4.26. The van der Waals surface area contributed by atoms with E-state index in [4.69, 9.17) is 11.6 Å². The van der Waals surface area contributed by atoms with Crippen LogP contribution in [0.15, 0.2) is 48.5 Å². The second-order valence-electron chi connectivity index (χ2n) is 8.64. The first-order valence-corrected chi connectivity index (χ1v) is 10.7. The summed E-state index contributed by atoms with van der Waals surface area (Å²) in [5.41, 5.74) is 2.72. The van der Waals surface area contributed by atoms with Crippen LogP contribution in [0.25, 0.3) is 10.9 Å². The SMILES string of the molecule is CC(C)N1CC(=O)N2CC(c3ccccc3Cl)c3c([nH]c4ccccc34)C2(C)C1=O. The molecule has 0 saturated carbocycles. The van der Waals surface area contributed by atoms with Gasteiger partial charge >= 0.3 is 0 Å². The second kappa shape index (κ2) is 6.61. The third-order valence-corrected chi connectivity index (χ3v) is 7.02. The number of hydrogen-bond donors (Lipinski definition) is 1. The van der Waals surface area contributed by atoms with E-state index >= 15 is 0 Å². The number of piperazine rings is 1. The number of carbonyl (C=O) groups is 2. The van der Waals surface area contributed by atoms with E-state index in [1.165, 1.54) is 0 Å². The summed E-state index contributed by atoms with van der Waals surface area (Å²) in [5.74, 6) is -0.185. The van der Waals surface area contributed by atoms with Crippen molar-refractivity contribution in [1.82, 2.24) is 14.8 Å². The van der Waals surface area contributed by atoms with Crippen molar-refractivity contribution in [2.45, 2.75) is 38.3 Å². The fourth-order valence-corrected chi connectivity index (χ4v) is 5.35. The molecule has 2 aliphatic rings. The Morgan fingerprint density at radius 3 is 2.53 bits per heavy atom. The summed E-state index contributed by atoms with van der Waals surface area (Å²) < 4.78 is 0. The normalized spacial score (nSPS) is 23.8. The summed E-state index contributed by atoms with van der Waals surface area (Å²) in [7, 11) is 0. The van der Waals surface area contributed by atoms with Gasteiger partial charge < -0.3 is 14.8 Å². The summed E-state index contributed by atoms with van der Waals surface area (Å²) in [6.45, 7) is 6.30. The molecule has 2 aromatic carbocycles. The number of amides is 2. The van der Waals surface area contributed by atoms with Gasteiger partial charge in [-0.1, -0.05) is 48.0 Å². The summed E-state index contributed by atoms with van der Waals surface area (Å²) in [6.07, 6.45) is 0. The molecule has 0 aliphatic carbocycles. The average molecular weight is 422 g/mol. The van der Waals surface area contributed by atoms with Crippen LogP contribution in [0.2, 0.25) is 5.02 Å². The minimum Gasteiger partial charge on any atom is -0.356 e. The minimum absolute atomic E-state index is 0.0350. The fraction of sp³-hybridized carbons (Fsp3) is 0.333. The largest absolute Gasteiger partial charge is 0.356 e. The van der Waals surface area contributed by atoms with E-state index < -0.39 is 5.54 Å². The van der Waals surface area contributed by atoms with Gasteiger partial charge in [-0.3, -0.25) is 9.59 Å². The van der Waals surface area contributed by atoms with Crippen LogP contribution in [0.5, 0.6) is 0 Å². The molecular formula is C24H24ClN3O2. The Labute approximate surface area is 180 Å². The Hall–Kier alpha value is -2.79. The van der Waals surface area contributed by atoms with Gasteiger partial charge in [-0.25, -0.2) is 0 Å². The molecule has 1 fully saturated rings. The van der Waals surface area contributed by atoms with Crippen LogP contribution in [-0.4, -0.2) is 45.7 Å². The zero-order valence-electron chi connectivity index (χ0n) is 17.3. The van der Waals surface area contributed by atoms with Gasteiger partial charge in [0, 0.05) is 34.4 Å². The van der Waals surface area contributed by atoms with Crippen LogP contribution >= 0.6 is 11.6 Å². The van der Waals surface area contributed by atoms with Crippen molar-refractivity contribution >= 4 is 34.3 Å². The molecule has 2 amide bonds. The maximum absolute atomic E-state index is 13.7. The van der Waals surface area contributed by atoms with E-state index in [1.54, 1.807) is 9.80 Å². The second-order valence-corrected chi connectivity index (χ2v) is 9.04. The Balaban J connectivity index is 1.81. The van der Waals surface area contributed by atoms with Gasteiger partial charge in [-0.15, -0.1) is 0 Å². The van der Waals surface area contributed by atoms with Crippen molar-refractivity contribution in [3.63, 3.8) is 0 Å². The van der Waals surface area contributed by atoms with Crippen molar-refractivity contribution < 1.29 is 9.59 Å². The highest BCUT2D eigenvalue weighted by molar-refractivity contribution is 6.31. The molecule has 1 aromatic heterocycles. The summed E-state index contributed by atoms with van der Waals surface area (Å²) >= 11 is 6.59. The first-order valence-electron chi connectivity index (χ1n) is 10.3. The molecule has 3 aromatic rings. The van der Waals surface area contributed by atoms with Crippen molar-refractivity contribution in [2.24, 2.45) is 0 Å². The molecule has 2 atom stereocenters. The number of para-hydroxylation sites is 1. The van der Waals surface area contributed by atoms with Gasteiger partial charge in [0.2, 0.25) is 5.91 Å². The number of halogens is 1. The highest BCUT2D eigenvalue weighted by atomic mass is 35.5. The van der Waals surface area contributed by atoms with E-state index in [-0.39, 0.29) is 30.3 Å². The quantitative estimate of drug-likeness (QED) is 0.672. The minimum atomic E-state index is -1.06. The third-order valence-electron chi connectivity index (χ3n) is 6.67. The highest BCUT2D eigenvalue weighted by Gasteiger charge is 2.56. The standard InChI is InChI=1S/C24H24ClN3O2/c1-14(2)27-13-20(29)28-12-17(15-8-4-6-10-18(15)25)21-16-9-5-7-11-19(16)26-22(21)24(28,3)23(27)30/h4-11,14,17,26H,12-13H2,1-3H3. The lowest BCUT2D eigenvalue weighted by molar-refractivity contribution is -0.168. The zero-order chi connectivity index (χ0) is 21.2. The highest BCUT2D eigenvalue weighted by Crippen LogP contribution is 2.49. The van der Waals surface area contributed by atoms with Crippen LogP contribution < -0.4 is 0 Å². The maximum Gasteiger partial charge on any atom is 0.255 e. The summed E-state index contributed by atoms with van der Waals surface area (Å²) in [4.78, 5) is 33.9. The topological polar surface area (TPSA) is 56.4 Å². The molecular weight excluding hydrogens is 398 g/mol.